The first kappa shape index (κ1) is 13.6. The predicted molar refractivity (Wildman–Crippen MR) is 79.4 cm³/mol. The standard InChI is InChI=1S/C17H27N/c1-5-14-8-7-13(2)15-9-11-17(3,16(14)15)10-6-12-18-4/h7-8,18H,5-6,9-12H2,1-4H3. The van der Waals surface area contributed by atoms with E-state index in [1.165, 1.54) is 37.7 Å². The van der Waals surface area contributed by atoms with Gasteiger partial charge in [-0.15, -0.1) is 0 Å². The smallest absolute Gasteiger partial charge is 0.00516 e. The lowest BCUT2D eigenvalue weighted by atomic mass is 9.77. The second-order valence-corrected chi connectivity index (χ2v) is 6.02. The Morgan fingerprint density at radius 2 is 2.11 bits per heavy atom. The van der Waals surface area contributed by atoms with Crippen LogP contribution in [0.25, 0.3) is 0 Å². The zero-order valence-corrected chi connectivity index (χ0v) is 12.4. The lowest BCUT2D eigenvalue weighted by Crippen LogP contribution is -2.22. The van der Waals surface area contributed by atoms with Crippen molar-refractivity contribution in [2.24, 2.45) is 0 Å². The molecular formula is C17H27N. The minimum Gasteiger partial charge on any atom is -0.320 e. The maximum absolute atomic E-state index is 3.27. The largest absolute Gasteiger partial charge is 0.320 e. The highest BCUT2D eigenvalue weighted by molar-refractivity contribution is 5.48. The van der Waals surface area contributed by atoms with Crippen molar-refractivity contribution in [2.45, 2.75) is 58.3 Å². The maximum atomic E-state index is 3.27. The molecule has 0 amide bonds. The summed E-state index contributed by atoms with van der Waals surface area (Å²) in [7, 11) is 2.05. The molecule has 1 aliphatic rings. The molecule has 0 spiro atoms. The second-order valence-electron chi connectivity index (χ2n) is 6.02. The summed E-state index contributed by atoms with van der Waals surface area (Å²) in [5, 5.41) is 3.27. The summed E-state index contributed by atoms with van der Waals surface area (Å²) in [5.41, 5.74) is 6.85. The van der Waals surface area contributed by atoms with E-state index in [9.17, 15) is 0 Å². The molecular weight excluding hydrogens is 218 g/mol. The SMILES string of the molecule is CCc1ccc(C)c2c1C(C)(CCCNC)CC2. The summed E-state index contributed by atoms with van der Waals surface area (Å²) in [6.45, 7) is 8.18. The first-order chi connectivity index (χ1) is 8.62. The molecule has 1 atom stereocenters. The van der Waals surface area contributed by atoms with E-state index < -0.39 is 0 Å². The molecule has 1 aromatic rings. The van der Waals surface area contributed by atoms with E-state index in [1.54, 1.807) is 16.7 Å². The average Bonchev–Trinajstić information content (AvgIpc) is 2.70. The van der Waals surface area contributed by atoms with Crippen molar-refractivity contribution in [2.75, 3.05) is 13.6 Å². The average molecular weight is 245 g/mol. The van der Waals surface area contributed by atoms with Gasteiger partial charge in [0.2, 0.25) is 0 Å². The molecule has 0 saturated carbocycles. The molecule has 0 heterocycles. The van der Waals surface area contributed by atoms with Crippen LogP contribution in [0.4, 0.5) is 0 Å². The summed E-state index contributed by atoms with van der Waals surface area (Å²) in [4.78, 5) is 0. The number of hydrogen-bond acceptors (Lipinski definition) is 1. The van der Waals surface area contributed by atoms with Gasteiger partial charge in [-0.2, -0.15) is 0 Å². The van der Waals surface area contributed by atoms with E-state index in [0.717, 1.165) is 6.54 Å². The van der Waals surface area contributed by atoms with E-state index in [0.29, 0.717) is 5.41 Å². The maximum Gasteiger partial charge on any atom is -0.00516 e. The number of rotatable bonds is 5. The zero-order chi connectivity index (χ0) is 13.2. The number of fused-ring (bicyclic) bond motifs is 1. The van der Waals surface area contributed by atoms with Crippen LogP contribution in [0.5, 0.6) is 0 Å². The summed E-state index contributed by atoms with van der Waals surface area (Å²) >= 11 is 0. The Kier molecular flexibility index (Phi) is 4.11. The normalized spacial score (nSPS) is 22.2. The highest BCUT2D eigenvalue weighted by Crippen LogP contribution is 2.45. The van der Waals surface area contributed by atoms with Crippen LogP contribution < -0.4 is 5.32 Å². The topological polar surface area (TPSA) is 12.0 Å². The molecule has 0 aliphatic heterocycles. The molecule has 1 aliphatic carbocycles. The molecule has 1 heteroatoms. The molecule has 0 radical (unpaired) electrons. The zero-order valence-electron chi connectivity index (χ0n) is 12.4. The van der Waals surface area contributed by atoms with Gasteiger partial charge in [0.25, 0.3) is 0 Å². The van der Waals surface area contributed by atoms with Crippen LogP contribution in [0, 0.1) is 6.92 Å². The van der Waals surface area contributed by atoms with Crippen molar-refractivity contribution in [1.82, 2.24) is 5.32 Å². The monoisotopic (exact) mass is 245 g/mol. The van der Waals surface area contributed by atoms with E-state index in [4.69, 9.17) is 0 Å². The van der Waals surface area contributed by atoms with Crippen molar-refractivity contribution in [3.05, 3.63) is 34.4 Å². The Morgan fingerprint density at radius 3 is 2.78 bits per heavy atom. The Bertz CT molecular complexity index is 422. The summed E-state index contributed by atoms with van der Waals surface area (Å²) in [6.07, 6.45) is 6.39. The van der Waals surface area contributed by atoms with Gasteiger partial charge >= 0.3 is 0 Å². The number of nitrogens with one attached hydrogen (secondary N) is 1. The van der Waals surface area contributed by atoms with Crippen molar-refractivity contribution in [1.29, 1.82) is 0 Å². The molecule has 0 fully saturated rings. The summed E-state index contributed by atoms with van der Waals surface area (Å²) < 4.78 is 0. The molecule has 1 N–H and O–H groups in total. The van der Waals surface area contributed by atoms with Crippen LogP contribution in [0.2, 0.25) is 0 Å². The fourth-order valence-electron chi connectivity index (χ4n) is 3.60. The third-order valence-corrected chi connectivity index (χ3v) is 4.70. The predicted octanol–water partition coefficient (Wildman–Crippen LogP) is 3.76. The Labute approximate surface area is 112 Å². The van der Waals surface area contributed by atoms with Gasteiger partial charge in [0, 0.05) is 0 Å². The first-order valence-corrected chi connectivity index (χ1v) is 7.39. The Hall–Kier alpha value is -0.820. The van der Waals surface area contributed by atoms with Gasteiger partial charge < -0.3 is 5.32 Å². The third kappa shape index (κ3) is 2.33. The first-order valence-electron chi connectivity index (χ1n) is 7.39. The van der Waals surface area contributed by atoms with Gasteiger partial charge in [-0.25, -0.2) is 0 Å². The van der Waals surface area contributed by atoms with Crippen molar-refractivity contribution >= 4 is 0 Å². The van der Waals surface area contributed by atoms with E-state index in [-0.39, 0.29) is 0 Å². The van der Waals surface area contributed by atoms with Crippen LogP contribution in [0.15, 0.2) is 12.1 Å². The van der Waals surface area contributed by atoms with Crippen LogP contribution in [-0.2, 0) is 18.3 Å². The number of aryl methyl sites for hydroxylation is 2. The van der Waals surface area contributed by atoms with Crippen molar-refractivity contribution in [3.8, 4) is 0 Å². The van der Waals surface area contributed by atoms with E-state index >= 15 is 0 Å². The molecule has 100 valence electrons. The Morgan fingerprint density at radius 1 is 1.33 bits per heavy atom. The highest BCUT2D eigenvalue weighted by atomic mass is 14.8. The van der Waals surface area contributed by atoms with E-state index in [1.807, 2.05) is 7.05 Å². The minimum atomic E-state index is 0.420. The third-order valence-electron chi connectivity index (χ3n) is 4.70. The van der Waals surface area contributed by atoms with Gasteiger partial charge in [-0.05, 0) is 80.3 Å². The minimum absolute atomic E-state index is 0.420. The van der Waals surface area contributed by atoms with Crippen LogP contribution in [0.3, 0.4) is 0 Å². The van der Waals surface area contributed by atoms with Crippen molar-refractivity contribution < 1.29 is 0 Å². The highest BCUT2D eigenvalue weighted by Gasteiger charge is 2.36. The Balaban J connectivity index is 2.32. The molecule has 0 aromatic heterocycles. The lowest BCUT2D eigenvalue weighted by molar-refractivity contribution is 0.412. The van der Waals surface area contributed by atoms with Gasteiger partial charge in [0.15, 0.2) is 0 Å². The van der Waals surface area contributed by atoms with Gasteiger partial charge in [-0.1, -0.05) is 26.0 Å². The fraction of sp³-hybridized carbons (Fsp3) is 0.647. The molecule has 2 rings (SSSR count). The molecule has 1 unspecified atom stereocenters. The van der Waals surface area contributed by atoms with Gasteiger partial charge in [-0.3, -0.25) is 0 Å². The molecule has 0 bridgehead atoms. The summed E-state index contributed by atoms with van der Waals surface area (Å²) in [6, 6.07) is 4.67. The van der Waals surface area contributed by atoms with Gasteiger partial charge in [0.1, 0.15) is 0 Å². The fourth-order valence-corrected chi connectivity index (χ4v) is 3.60. The lowest BCUT2D eigenvalue weighted by Gasteiger charge is -2.28. The van der Waals surface area contributed by atoms with Crippen LogP contribution in [-0.4, -0.2) is 13.6 Å². The number of hydrogen-bond donors (Lipinski definition) is 1. The van der Waals surface area contributed by atoms with Gasteiger partial charge in [0.05, 0.1) is 0 Å². The number of benzene rings is 1. The molecule has 18 heavy (non-hydrogen) atoms. The van der Waals surface area contributed by atoms with E-state index in [2.05, 4.69) is 38.2 Å². The van der Waals surface area contributed by atoms with Crippen LogP contribution >= 0.6 is 0 Å². The molecule has 1 nitrogen and oxygen atoms in total. The van der Waals surface area contributed by atoms with Crippen molar-refractivity contribution in [3.63, 3.8) is 0 Å². The molecule has 1 aromatic carbocycles. The second kappa shape index (κ2) is 5.44. The quantitative estimate of drug-likeness (QED) is 0.779. The summed E-state index contributed by atoms with van der Waals surface area (Å²) in [5.74, 6) is 0. The molecule has 0 saturated heterocycles. The van der Waals surface area contributed by atoms with Crippen LogP contribution in [0.1, 0.15) is 55.4 Å².